The van der Waals surface area contributed by atoms with Crippen molar-refractivity contribution in [3.8, 4) is 0 Å². The molecule has 1 aromatic carbocycles. The van der Waals surface area contributed by atoms with Crippen LogP contribution in [-0.4, -0.2) is 15.6 Å². The van der Waals surface area contributed by atoms with Crippen molar-refractivity contribution in [1.82, 2.24) is 9.55 Å². The summed E-state index contributed by atoms with van der Waals surface area (Å²) in [7, 11) is 0. The van der Waals surface area contributed by atoms with Gasteiger partial charge in [0, 0.05) is 6.54 Å². The minimum Gasteiger partial charge on any atom is -0.444 e. The Labute approximate surface area is 146 Å². The summed E-state index contributed by atoms with van der Waals surface area (Å²) in [6.07, 6.45) is 0.850. The second-order valence-electron chi connectivity index (χ2n) is 5.11. The van der Waals surface area contributed by atoms with Crippen LogP contribution in [0.4, 0.5) is 10.6 Å². The average molecular weight is 396 g/mol. The lowest BCUT2D eigenvalue weighted by Gasteiger charge is -2.14. The van der Waals surface area contributed by atoms with Crippen LogP contribution in [-0.2, 0) is 17.9 Å². The summed E-state index contributed by atoms with van der Waals surface area (Å²) in [5.74, 6) is 0.0928. The number of nitrogens with zero attached hydrogens (tertiary/aromatic N) is 1. The molecule has 128 valence electrons. The number of unbranched alkanes of at least 4 members (excludes halogenated alkanes) is 1. The van der Waals surface area contributed by atoms with Crippen LogP contribution in [0, 0.1) is 0 Å². The molecule has 1 aromatic heterocycles. The Morgan fingerprint density at radius 1 is 1.29 bits per heavy atom. The van der Waals surface area contributed by atoms with Gasteiger partial charge in [0.05, 0.1) is 0 Å². The zero-order valence-electron chi connectivity index (χ0n) is 13.2. The summed E-state index contributed by atoms with van der Waals surface area (Å²) in [5, 5.41) is 2.47. The van der Waals surface area contributed by atoms with Gasteiger partial charge in [-0.05, 0) is 27.9 Å². The molecule has 2 rings (SSSR count). The van der Waals surface area contributed by atoms with Crippen LogP contribution in [0.2, 0.25) is 0 Å². The van der Waals surface area contributed by atoms with Gasteiger partial charge in [-0.15, -0.1) is 0 Å². The maximum Gasteiger partial charge on any atom is 0.413 e. The number of ether oxygens (including phenoxy) is 1. The molecule has 7 nitrogen and oxygen atoms in total. The van der Waals surface area contributed by atoms with Gasteiger partial charge in [-0.25, -0.2) is 9.59 Å². The first kappa shape index (κ1) is 18.0. The van der Waals surface area contributed by atoms with Crippen LogP contribution in [0.3, 0.4) is 0 Å². The van der Waals surface area contributed by atoms with Gasteiger partial charge in [0.2, 0.25) is 0 Å². The number of amides is 1. The minimum absolute atomic E-state index is 0.0786. The van der Waals surface area contributed by atoms with Crippen molar-refractivity contribution in [3.05, 3.63) is 61.2 Å². The Kier molecular flexibility index (Phi) is 6.36. The summed E-state index contributed by atoms with van der Waals surface area (Å²) in [4.78, 5) is 37.9. The van der Waals surface area contributed by atoms with Crippen molar-refractivity contribution >= 4 is 27.8 Å². The molecule has 2 N–H and O–H groups in total. The third-order valence-corrected chi connectivity index (χ3v) is 4.05. The summed E-state index contributed by atoms with van der Waals surface area (Å²) < 4.78 is 6.51. The SMILES string of the molecule is CCCCn1c(NC(=O)OCc2ccccc2)c(Br)c(=O)[nH]c1=O. The van der Waals surface area contributed by atoms with E-state index >= 15 is 0 Å². The highest BCUT2D eigenvalue weighted by molar-refractivity contribution is 9.10. The van der Waals surface area contributed by atoms with Crippen LogP contribution in [0.25, 0.3) is 0 Å². The fourth-order valence-electron chi connectivity index (χ4n) is 2.05. The van der Waals surface area contributed by atoms with E-state index in [1.807, 2.05) is 37.3 Å². The number of anilines is 1. The summed E-state index contributed by atoms with van der Waals surface area (Å²) in [6, 6.07) is 9.20. The molecule has 0 saturated heterocycles. The first-order chi connectivity index (χ1) is 11.5. The maximum atomic E-state index is 12.0. The molecule has 0 spiro atoms. The number of carbonyl (C=O) groups excluding carboxylic acids is 1. The number of benzene rings is 1. The predicted octanol–water partition coefficient (Wildman–Crippen LogP) is 2.85. The number of carbonyl (C=O) groups is 1. The molecule has 0 saturated carbocycles. The van der Waals surface area contributed by atoms with Gasteiger partial charge in [-0.1, -0.05) is 43.7 Å². The van der Waals surface area contributed by atoms with Crippen molar-refractivity contribution in [2.75, 3.05) is 5.32 Å². The quantitative estimate of drug-likeness (QED) is 0.785. The van der Waals surface area contributed by atoms with Gasteiger partial charge in [0.25, 0.3) is 5.56 Å². The number of aromatic nitrogens is 2. The molecule has 0 bridgehead atoms. The number of nitrogens with one attached hydrogen (secondary N) is 2. The molecule has 0 atom stereocenters. The zero-order chi connectivity index (χ0) is 17.5. The van der Waals surface area contributed by atoms with E-state index in [0.717, 1.165) is 18.4 Å². The largest absolute Gasteiger partial charge is 0.444 e. The minimum atomic E-state index is -0.741. The van der Waals surface area contributed by atoms with E-state index in [-0.39, 0.29) is 16.9 Å². The average Bonchev–Trinajstić information content (AvgIpc) is 2.58. The normalized spacial score (nSPS) is 10.4. The highest BCUT2D eigenvalue weighted by Crippen LogP contribution is 2.17. The lowest BCUT2D eigenvalue weighted by atomic mass is 10.2. The van der Waals surface area contributed by atoms with Crippen molar-refractivity contribution in [2.45, 2.75) is 32.9 Å². The fourth-order valence-corrected chi connectivity index (χ4v) is 2.47. The van der Waals surface area contributed by atoms with Crippen LogP contribution >= 0.6 is 15.9 Å². The third kappa shape index (κ3) is 4.58. The first-order valence-electron chi connectivity index (χ1n) is 7.53. The summed E-state index contributed by atoms with van der Waals surface area (Å²) in [6.45, 7) is 2.44. The molecule has 0 aliphatic rings. The van der Waals surface area contributed by atoms with Crippen molar-refractivity contribution in [3.63, 3.8) is 0 Å². The number of aromatic amines is 1. The molecular weight excluding hydrogens is 378 g/mol. The molecule has 0 aliphatic carbocycles. The number of hydrogen-bond donors (Lipinski definition) is 2. The van der Waals surface area contributed by atoms with Crippen LogP contribution < -0.4 is 16.6 Å². The number of halogens is 1. The highest BCUT2D eigenvalue weighted by atomic mass is 79.9. The first-order valence-corrected chi connectivity index (χ1v) is 8.32. The summed E-state index contributed by atoms with van der Waals surface area (Å²) >= 11 is 3.11. The third-order valence-electron chi connectivity index (χ3n) is 3.31. The Balaban J connectivity index is 2.16. The second-order valence-corrected chi connectivity index (χ2v) is 5.91. The second kappa shape index (κ2) is 8.49. The molecule has 2 aromatic rings. The highest BCUT2D eigenvalue weighted by Gasteiger charge is 2.16. The van der Waals surface area contributed by atoms with E-state index in [0.29, 0.717) is 6.54 Å². The Hall–Kier alpha value is -2.35. The Morgan fingerprint density at radius 2 is 2.00 bits per heavy atom. The number of hydrogen-bond acceptors (Lipinski definition) is 4. The predicted molar refractivity (Wildman–Crippen MR) is 94.2 cm³/mol. The van der Waals surface area contributed by atoms with Crippen molar-refractivity contribution in [2.24, 2.45) is 0 Å². The molecule has 1 heterocycles. The van der Waals surface area contributed by atoms with E-state index in [2.05, 4.69) is 26.2 Å². The molecule has 0 aliphatic heterocycles. The van der Waals surface area contributed by atoms with Gasteiger partial charge in [-0.2, -0.15) is 0 Å². The zero-order valence-corrected chi connectivity index (χ0v) is 14.8. The number of rotatable bonds is 6. The monoisotopic (exact) mass is 395 g/mol. The van der Waals surface area contributed by atoms with Crippen LogP contribution in [0.1, 0.15) is 25.3 Å². The van der Waals surface area contributed by atoms with E-state index < -0.39 is 17.3 Å². The van der Waals surface area contributed by atoms with E-state index in [1.54, 1.807) is 0 Å². The van der Waals surface area contributed by atoms with Crippen LogP contribution in [0.15, 0.2) is 44.4 Å². The molecule has 0 radical (unpaired) electrons. The molecular formula is C16H18BrN3O4. The van der Waals surface area contributed by atoms with Gasteiger partial charge < -0.3 is 4.74 Å². The lowest BCUT2D eigenvalue weighted by molar-refractivity contribution is 0.155. The van der Waals surface area contributed by atoms with Gasteiger partial charge in [0.1, 0.15) is 16.9 Å². The molecule has 0 fully saturated rings. The van der Waals surface area contributed by atoms with E-state index in [4.69, 9.17) is 4.74 Å². The standard InChI is InChI=1S/C16H18BrN3O4/c1-2-3-9-20-13(12(17)14(21)19-15(20)22)18-16(23)24-10-11-7-5-4-6-8-11/h4-8H,2-3,9-10H2,1H3,(H,18,23)(H,19,21,22). The van der Waals surface area contributed by atoms with Crippen molar-refractivity contribution in [1.29, 1.82) is 0 Å². The van der Waals surface area contributed by atoms with Gasteiger partial charge in [-0.3, -0.25) is 19.7 Å². The maximum absolute atomic E-state index is 12.0. The molecule has 0 unspecified atom stereocenters. The molecule has 1 amide bonds. The topological polar surface area (TPSA) is 93.2 Å². The smallest absolute Gasteiger partial charge is 0.413 e. The van der Waals surface area contributed by atoms with Gasteiger partial charge in [0.15, 0.2) is 0 Å². The number of H-pyrrole nitrogens is 1. The van der Waals surface area contributed by atoms with Gasteiger partial charge >= 0.3 is 11.8 Å². The van der Waals surface area contributed by atoms with Crippen LogP contribution in [0.5, 0.6) is 0 Å². The van der Waals surface area contributed by atoms with E-state index in [1.165, 1.54) is 4.57 Å². The van der Waals surface area contributed by atoms with E-state index in [9.17, 15) is 14.4 Å². The molecule has 24 heavy (non-hydrogen) atoms. The lowest BCUT2D eigenvalue weighted by Crippen LogP contribution is -2.34. The Bertz CT molecular complexity index is 814. The molecule has 8 heteroatoms. The Morgan fingerprint density at radius 3 is 2.67 bits per heavy atom. The fraction of sp³-hybridized carbons (Fsp3) is 0.312. The van der Waals surface area contributed by atoms with Crippen molar-refractivity contribution < 1.29 is 9.53 Å². The summed E-state index contributed by atoms with van der Waals surface area (Å²) in [5.41, 5.74) is -0.345.